The number of rotatable bonds is 2. The van der Waals surface area contributed by atoms with Crippen molar-refractivity contribution < 1.29 is 4.79 Å². The molecule has 0 radical (unpaired) electrons. The zero-order valence-corrected chi connectivity index (χ0v) is 6.34. The molecular weight excluding hydrogens is 146 g/mol. The zero-order chi connectivity index (χ0) is 8.43. The van der Waals surface area contributed by atoms with E-state index in [0.29, 0.717) is 0 Å². The van der Waals surface area contributed by atoms with Gasteiger partial charge in [0.1, 0.15) is 0 Å². The molecule has 11 heavy (non-hydrogen) atoms. The van der Waals surface area contributed by atoms with Gasteiger partial charge >= 0.3 is 5.69 Å². The fourth-order valence-corrected chi connectivity index (χ4v) is 0.660. The van der Waals surface area contributed by atoms with Gasteiger partial charge in [0.2, 0.25) is 5.78 Å². The molecule has 0 atom stereocenters. The van der Waals surface area contributed by atoms with E-state index in [1.165, 1.54) is 0 Å². The summed E-state index contributed by atoms with van der Waals surface area (Å²) in [4.78, 5) is 23.9. The molecule has 0 saturated carbocycles. The standard InChI is InChI=1S/C6H9N3O2/c1-3(2)4(10)5-7-6(11)9-8-5/h3H,1-2H3,(H2,7,8,9,11). The van der Waals surface area contributed by atoms with Crippen molar-refractivity contribution in [1.29, 1.82) is 0 Å². The molecule has 5 nitrogen and oxygen atoms in total. The average molecular weight is 155 g/mol. The van der Waals surface area contributed by atoms with Gasteiger partial charge in [-0.25, -0.2) is 9.89 Å². The number of aromatic nitrogens is 3. The Morgan fingerprint density at radius 1 is 1.55 bits per heavy atom. The van der Waals surface area contributed by atoms with Crippen molar-refractivity contribution in [3.63, 3.8) is 0 Å². The molecule has 0 unspecified atom stereocenters. The van der Waals surface area contributed by atoms with Gasteiger partial charge in [0.25, 0.3) is 0 Å². The number of nitrogens with zero attached hydrogens (tertiary/aromatic N) is 1. The van der Waals surface area contributed by atoms with Crippen LogP contribution in [-0.2, 0) is 0 Å². The lowest BCUT2D eigenvalue weighted by Gasteiger charge is -1.96. The quantitative estimate of drug-likeness (QED) is 0.587. The molecule has 0 bridgehead atoms. The second-order valence-corrected chi connectivity index (χ2v) is 2.55. The first-order valence-corrected chi connectivity index (χ1v) is 3.30. The monoisotopic (exact) mass is 155 g/mol. The van der Waals surface area contributed by atoms with Gasteiger partial charge in [-0.3, -0.25) is 9.78 Å². The SMILES string of the molecule is CC(C)C(=O)c1n[nH]c(=O)[nH]1. The van der Waals surface area contributed by atoms with Crippen LogP contribution < -0.4 is 5.69 Å². The first-order chi connectivity index (χ1) is 5.11. The van der Waals surface area contributed by atoms with E-state index < -0.39 is 5.69 Å². The number of Topliss-reactive ketones (excluding diaryl/α,β-unsaturated/α-hetero) is 1. The lowest BCUT2D eigenvalue weighted by atomic mass is 10.1. The lowest BCUT2D eigenvalue weighted by molar-refractivity contribution is 0.0929. The Hall–Kier alpha value is -1.39. The van der Waals surface area contributed by atoms with Crippen LogP contribution >= 0.6 is 0 Å². The van der Waals surface area contributed by atoms with E-state index in [2.05, 4.69) is 15.2 Å². The van der Waals surface area contributed by atoms with Gasteiger partial charge in [0, 0.05) is 5.92 Å². The number of ketones is 1. The maximum Gasteiger partial charge on any atom is 0.341 e. The number of hydrogen-bond donors (Lipinski definition) is 2. The largest absolute Gasteiger partial charge is 0.341 e. The number of carbonyl (C=O) groups is 1. The van der Waals surface area contributed by atoms with Crippen molar-refractivity contribution in [1.82, 2.24) is 15.2 Å². The summed E-state index contributed by atoms with van der Waals surface area (Å²) in [7, 11) is 0. The molecule has 0 aliphatic heterocycles. The summed E-state index contributed by atoms with van der Waals surface area (Å²) in [6, 6.07) is 0. The van der Waals surface area contributed by atoms with E-state index in [1.54, 1.807) is 13.8 Å². The Kier molecular flexibility index (Phi) is 1.89. The molecule has 0 spiro atoms. The Bertz CT molecular complexity index is 310. The Morgan fingerprint density at radius 3 is 2.55 bits per heavy atom. The number of carbonyl (C=O) groups excluding carboxylic acids is 1. The minimum atomic E-state index is -0.450. The number of hydrogen-bond acceptors (Lipinski definition) is 3. The molecule has 0 fully saturated rings. The maximum absolute atomic E-state index is 11.1. The first-order valence-electron chi connectivity index (χ1n) is 3.30. The van der Waals surface area contributed by atoms with Crippen LogP contribution in [0.1, 0.15) is 24.5 Å². The predicted octanol–water partition coefficient (Wildman–Crippen LogP) is -0.0633. The molecule has 1 rings (SSSR count). The predicted molar refractivity (Wildman–Crippen MR) is 38.4 cm³/mol. The third-order valence-electron chi connectivity index (χ3n) is 1.26. The topological polar surface area (TPSA) is 78.6 Å². The molecule has 1 aromatic heterocycles. The number of nitrogens with one attached hydrogen (secondary N) is 2. The van der Waals surface area contributed by atoms with Gasteiger partial charge in [0.15, 0.2) is 5.82 Å². The van der Waals surface area contributed by atoms with Crippen molar-refractivity contribution in [3.8, 4) is 0 Å². The van der Waals surface area contributed by atoms with Crippen LogP contribution in [0.5, 0.6) is 0 Å². The third-order valence-corrected chi connectivity index (χ3v) is 1.26. The summed E-state index contributed by atoms with van der Waals surface area (Å²) < 4.78 is 0. The molecule has 0 saturated heterocycles. The highest BCUT2D eigenvalue weighted by atomic mass is 16.2. The fourth-order valence-electron chi connectivity index (χ4n) is 0.660. The molecule has 0 aliphatic carbocycles. The number of aromatic amines is 2. The van der Waals surface area contributed by atoms with E-state index >= 15 is 0 Å². The van der Waals surface area contributed by atoms with Crippen LogP contribution in [-0.4, -0.2) is 21.0 Å². The molecule has 0 aromatic carbocycles. The second-order valence-electron chi connectivity index (χ2n) is 2.55. The lowest BCUT2D eigenvalue weighted by Crippen LogP contribution is -2.10. The van der Waals surface area contributed by atoms with Crippen molar-refractivity contribution in [2.75, 3.05) is 0 Å². The summed E-state index contributed by atoms with van der Waals surface area (Å²) in [5, 5.41) is 5.62. The van der Waals surface area contributed by atoms with Gasteiger partial charge < -0.3 is 0 Å². The van der Waals surface area contributed by atoms with Gasteiger partial charge in [-0.15, -0.1) is 5.10 Å². The molecule has 60 valence electrons. The summed E-state index contributed by atoms with van der Waals surface area (Å²) in [6.45, 7) is 3.49. The van der Waals surface area contributed by atoms with E-state index in [9.17, 15) is 9.59 Å². The van der Waals surface area contributed by atoms with Crippen LogP contribution in [0.2, 0.25) is 0 Å². The Labute approximate surface area is 62.8 Å². The van der Waals surface area contributed by atoms with Gasteiger partial charge in [0.05, 0.1) is 0 Å². The van der Waals surface area contributed by atoms with Crippen molar-refractivity contribution in [2.45, 2.75) is 13.8 Å². The summed E-state index contributed by atoms with van der Waals surface area (Å²) >= 11 is 0. The Balaban J connectivity index is 2.94. The van der Waals surface area contributed by atoms with Gasteiger partial charge in [-0.1, -0.05) is 13.8 Å². The van der Waals surface area contributed by atoms with E-state index in [4.69, 9.17) is 0 Å². The molecule has 1 heterocycles. The fraction of sp³-hybridized carbons (Fsp3) is 0.500. The molecular formula is C6H9N3O2. The van der Waals surface area contributed by atoms with E-state index in [-0.39, 0.29) is 17.5 Å². The molecule has 0 aliphatic rings. The van der Waals surface area contributed by atoms with Crippen LogP contribution in [0.15, 0.2) is 4.79 Å². The number of H-pyrrole nitrogens is 2. The second kappa shape index (κ2) is 2.69. The van der Waals surface area contributed by atoms with Crippen LogP contribution in [0, 0.1) is 5.92 Å². The summed E-state index contributed by atoms with van der Waals surface area (Å²) in [5.74, 6) is -0.206. The normalized spacial score (nSPS) is 10.5. The average Bonchev–Trinajstić information content (AvgIpc) is 2.34. The Morgan fingerprint density at radius 2 is 2.18 bits per heavy atom. The third kappa shape index (κ3) is 1.54. The summed E-state index contributed by atoms with van der Waals surface area (Å²) in [6.07, 6.45) is 0. The summed E-state index contributed by atoms with van der Waals surface area (Å²) in [5.41, 5.74) is -0.450. The van der Waals surface area contributed by atoms with Crippen molar-refractivity contribution in [2.24, 2.45) is 5.92 Å². The molecule has 0 amide bonds. The van der Waals surface area contributed by atoms with Crippen molar-refractivity contribution >= 4 is 5.78 Å². The van der Waals surface area contributed by atoms with Gasteiger partial charge in [-0.05, 0) is 0 Å². The van der Waals surface area contributed by atoms with Crippen LogP contribution in [0.25, 0.3) is 0 Å². The highest BCUT2D eigenvalue weighted by Gasteiger charge is 2.13. The van der Waals surface area contributed by atoms with Gasteiger partial charge in [-0.2, -0.15) is 0 Å². The zero-order valence-electron chi connectivity index (χ0n) is 6.34. The maximum atomic E-state index is 11.1. The highest BCUT2D eigenvalue weighted by Crippen LogP contribution is 1.99. The minimum Gasteiger partial charge on any atom is -0.290 e. The molecule has 1 aromatic rings. The van der Waals surface area contributed by atoms with E-state index in [0.717, 1.165) is 0 Å². The molecule has 5 heteroatoms. The van der Waals surface area contributed by atoms with Crippen LogP contribution in [0.3, 0.4) is 0 Å². The van der Waals surface area contributed by atoms with Crippen molar-refractivity contribution in [3.05, 3.63) is 16.3 Å². The minimum absolute atomic E-state index is 0.102. The van der Waals surface area contributed by atoms with Crippen LogP contribution in [0.4, 0.5) is 0 Å². The molecule has 2 N–H and O–H groups in total. The van der Waals surface area contributed by atoms with E-state index in [1.807, 2.05) is 0 Å². The first kappa shape index (κ1) is 7.71. The smallest absolute Gasteiger partial charge is 0.290 e. The highest BCUT2D eigenvalue weighted by molar-refractivity contribution is 5.93.